The molecule has 2 rings (SSSR count). The maximum Gasteiger partial charge on any atom is 0.231 e. The van der Waals surface area contributed by atoms with Gasteiger partial charge in [0.2, 0.25) is 6.79 Å². The van der Waals surface area contributed by atoms with Crippen molar-refractivity contribution in [3.05, 3.63) is 22.8 Å². The van der Waals surface area contributed by atoms with E-state index >= 15 is 0 Å². The first kappa shape index (κ1) is 10.3. The molecule has 0 radical (unpaired) electrons. The largest absolute Gasteiger partial charge is 0.454 e. The number of fused-ring (bicyclic) bond motifs is 1. The molecule has 1 aliphatic heterocycles. The van der Waals surface area contributed by atoms with Gasteiger partial charge in [0.25, 0.3) is 0 Å². The second-order valence-electron chi connectivity index (χ2n) is 4.07. The number of aliphatic hydroxyl groups is 1. The Hall–Kier alpha value is -1.22. The fourth-order valence-corrected chi connectivity index (χ4v) is 1.90. The summed E-state index contributed by atoms with van der Waals surface area (Å²) < 4.78 is 10.7. The Balaban J connectivity index is 2.44. The van der Waals surface area contributed by atoms with E-state index in [0.29, 0.717) is 13.2 Å². The third kappa shape index (κ3) is 1.79. The molecule has 1 N–H and O–H groups in total. The van der Waals surface area contributed by atoms with E-state index in [1.54, 1.807) is 6.92 Å². The van der Waals surface area contributed by atoms with E-state index in [1.165, 1.54) is 5.56 Å². The fourth-order valence-electron chi connectivity index (χ4n) is 1.90. The number of aliphatic hydroxyl groups excluding tert-OH is 1. The molecule has 0 aromatic heterocycles. The van der Waals surface area contributed by atoms with Gasteiger partial charge in [-0.1, -0.05) is 0 Å². The predicted octanol–water partition coefficient (Wildman–Crippen LogP) is 1.96. The van der Waals surface area contributed by atoms with Crippen molar-refractivity contribution in [1.29, 1.82) is 0 Å². The van der Waals surface area contributed by atoms with Crippen molar-refractivity contribution < 1.29 is 14.6 Å². The standard InChI is InChI=1S/C12H16O3/c1-7(13)4-10-5-11-12(15-6-14-11)9(3)8(10)2/h5,7,13H,4,6H2,1-3H3. The van der Waals surface area contributed by atoms with Crippen molar-refractivity contribution in [2.24, 2.45) is 0 Å². The summed E-state index contributed by atoms with van der Waals surface area (Å²) in [6, 6.07) is 1.97. The summed E-state index contributed by atoms with van der Waals surface area (Å²) in [5, 5.41) is 9.40. The molecule has 0 spiro atoms. The highest BCUT2D eigenvalue weighted by molar-refractivity contribution is 5.54. The lowest BCUT2D eigenvalue weighted by atomic mass is 9.97. The molecule has 1 unspecified atom stereocenters. The quantitative estimate of drug-likeness (QED) is 0.807. The van der Waals surface area contributed by atoms with Crippen molar-refractivity contribution >= 4 is 0 Å². The molecular formula is C12H16O3. The molecule has 1 aromatic carbocycles. The van der Waals surface area contributed by atoms with E-state index in [9.17, 15) is 5.11 Å². The summed E-state index contributed by atoms with van der Waals surface area (Å²) in [6.45, 7) is 6.16. The van der Waals surface area contributed by atoms with Crippen LogP contribution >= 0.6 is 0 Å². The molecule has 0 fully saturated rings. The van der Waals surface area contributed by atoms with Gasteiger partial charge in [0.15, 0.2) is 11.5 Å². The molecule has 3 heteroatoms. The van der Waals surface area contributed by atoms with Crippen LogP contribution in [0.1, 0.15) is 23.6 Å². The van der Waals surface area contributed by atoms with Gasteiger partial charge in [-0.05, 0) is 49.9 Å². The Morgan fingerprint density at radius 1 is 1.33 bits per heavy atom. The molecule has 0 aliphatic carbocycles. The normalized spacial score (nSPS) is 15.5. The number of hydrogen-bond acceptors (Lipinski definition) is 3. The molecule has 0 saturated heterocycles. The van der Waals surface area contributed by atoms with Crippen LogP contribution in [0.2, 0.25) is 0 Å². The summed E-state index contributed by atoms with van der Waals surface area (Å²) in [4.78, 5) is 0. The second-order valence-corrected chi connectivity index (χ2v) is 4.07. The number of rotatable bonds is 2. The Labute approximate surface area is 89.6 Å². The topological polar surface area (TPSA) is 38.7 Å². The van der Waals surface area contributed by atoms with E-state index in [4.69, 9.17) is 9.47 Å². The van der Waals surface area contributed by atoms with Crippen molar-refractivity contribution in [1.82, 2.24) is 0 Å². The highest BCUT2D eigenvalue weighted by atomic mass is 16.7. The summed E-state index contributed by atoms with van der Waals surface area (Å²) in [5.41, 5.74) is 3.42. The average molecular weight is 208 g/mol. The fraction of sp³-hybridized carbons (Fsp3) is 0.500. The monoisotopic (exact) mass is 208 g/mol. The SMILES string of the molecule is Cc1c(CC(C)O)cc2c(c1C)OCO2. The van der Waals surface area contributed by atoms with Crippen LogP contribution in [-0.2, 0) is 6.42 Å². The van der Waals surface area contributed by atoms with Crippen LogP contribution in [0.5, 0.6) is 11.5 Å². The van der Waals surface area contributed by atoms with E-state index in [0.717, 1.165) is 22.6 Å². The van der Waals surface area contributed by atoms with Crippen molar-refractivity contribution in [3.63, 3.8) is 0 Å². The first-order valence-corrected chi connectivity index (χ1v) is 5.16. The van der Waals surface area contributed by atoms with Gasteiger partial charge in [0.05, 0.1) is 6.10 Å². The molecule has 15 heavy (non-hydrogen) atoms. The lowest BCUT2D eigenvalue weighted by molar-refractivity contribution is 0.173. The minimum atomic E-state index is -0.330. The van der Waals surface area contributed by atoms with E-state index in [-0.39, 0.29) is 6.10 Å². The number of benzene rings is 1. The lowest BCUT2D eigenvalue weighted by Crippen LogP contribution is -2.06. The zero-order chi connectivity index (χ0) is 11.0. The zero-order valence-corrected chi connectivity index (χ0v) is 9.33. The van der Waals surface area contributed by atoms with Crippen LogP contribution in [0.4, 0.5) is 0 Å². The number of ether oxygens (including phenoxy) is 2. The highest BCUT2D eigenvalue weighted by Gasteiger charge is 2.20. The Morgan fingerprint density at radius 3 is 2.73 bits per heavy atom. The molecule has 0 saturated carbocycles. The molecular weight excluding hydrogens is 192 g/mol. The molecule has 1 atom stereocenters. The van der Waals surface area contributed by atoms with Crippen molar-refractivity contribution in [2.75, 3.05) is 6.79 Å². The van der Waals surface area contributed by atoms with Crippen molar-refractivity contribution in [2.45, 2.75) is 33.3 Å². The average Bonchev–Trinajstić information content (AvgIpc) is 2.61. The third-order valence-corrected chi connectivity index (χ3v) is 2.85. The zero-order valence-electron chi connectivity index (χ0n) is 9.33. The molecule has 82 valence electrons. The smallest absolute Gasteiger partial charge is 0.231 e. The highest BCUT2D eigenvalue weighted by Crippen LogP contribution is 2.39. The molecule has 1 aliphatic rings. The van der Waals surface area contributed by atoms with Gasteiger partial charge in [0.1, 0.15) is 0 Å². The lowest BCUT2D eigenvalue weighted by Gasteiger charge is -2.12. The Morgan fingerprint density at radius 2 is 2.07 bits per heavy atom. The second kappa shape index (κ2) is 3.74. The summed E-state index contributed by atoms with van der Waals surface area (Å²) in [7, 11) is 0. The van der Waals surface area contributed by atoms with E-state index in [2.05, 4.69) is 6.92 Å². The number of hydrogen-bond donors (Lipinski definition) is 1. The summed E-state index contributed by atoms with van der Waals surface area (Å²) >= 11 is 0. The molecule has 1 aromatic rings. The maximum atomic E-state index is 9.40. The van der Waals surface area contributed by atoms with Crippen molar-refractivity contribution in [3.8, 4) is 11.5 Å². The minimum absolute atomic E-state index is 0.299. The van der Waals surface area contributed by atoms with Gasteiger partial charge in [-0.3, -0.25) is 0 Å². The Bertz CT molecular complexity index is 383. The van der Waals surface area contributed by atoms with Crippen LogP contribution in [0.15, 0.2) is 6.07 Å². The van der Waals surface area contributed by atoms with Gasteiger partial charge in [-0.2, -0.15) is 0 Å². The van der Waals surface area contributed by atoms with Crippen LogP contribution < -0.4 is 9.47 Å². The van der Waals surface area contributed by atoms with Crippen LogP contribution in [0.3, 0.4) is 0 Å². The molecule has 1 heterocycles. The first-order chi connectivity index (χ1) is 7.09. The molecule has 0 bridgehead atoms. The van der Waals surface area contributed by atoms with Gasteiger partial charge in [-0.15, -0.1) is 0 Å². The maximum absolute atomic E-state index is 9.40. The van der Waals surface area contributed by atoms with E-state index < -0.39 is 0 Å². The van der Waals surface area contributed by atoms with Gasteiger partial charge in [-0.25, -0.2) is 0 Å². The van der Waals surface area contributed by atoms with Crippen LogP contribution in [-0.4, -0.2) is 18.0 Å². The van der Waals surface area contributed by atoms with Crippen LogP contribution in [0.25, 0.3) is 0 Å². The van der Waals surface area contributed by atoms with Gasteiger partial charge < -0.3 is 14.6 Å². The minimum Gasteiger partial charge on any atom is -0.454 e. The summed E-state index contributed by atoms with van der Waals surface area (Å²) in [5.74, 6) is 1.65. The first-order valence-electron chi connectivity index (χ1n) is 5.16. The molecule has 0 amide bonds. The third-order valence-electron chi connectivity index (χ3n) is 2.85. The Kier molecular flexibility index (Phi) is 2.57. The van der Waals surface area contributed by atoms with E-state index in [1.807, 2.05) is 13.0 Å². The van der Waals surface area contributed by atoms with Gasteiger partial charge in [0, 0.05) is 0 Å². The summed E-state index contributed by atoms with van der Waals surface area (Å²) in [6.07, 6.45) is 0.326. The van der Waals surface area contributed by atoms with Crippen LogP contribution in [0, 0.1) is 13.8 Å². The molecule has 3 nitrogen and oxygen atoms in total. The van der Waals surface area contributed by atoms with Gasteiger partial charge >= 0.3 is 0 Å². The predicted molar refractivity (Wildman–Crippen MR) is 57.4 cm³/mol.